The molecule has 0 amide bonds. The van der Waals surface area contributed by atoms with Gasteiger partial charge in [0.1, 0.15) is 6.04 Å². The number of hydrogen-bond donors (Lipinski definition) is 1. The lowest BCUT2D eigenvalue weighted by Gasteiger charge is -2.11. The highest BCUT2D eigenvalue weighted by molar-refractivity contribution is 6.30. The molecular weight excluding hydrogens is 302 g/mol. The molecule has 0 aliphatic rings. The number of rotatable bonds is 4. The van der Waals surface area contributed by atoms with Crippen LogP contribution in [-0.2, 0) is 0 Å². The van der Waals surface area contributed by atoms with E-state index in [1.54, 1.807) is 13.1 Å². The minimum absolute atomic E-state index is 0.100. The van der Waals surface area contributed by atoms with E-state index in [9.17, 15) is 0 Å². The molecule has 3 rings (SSSR count). The molecule has 0 aliphatic carbocycles. The van der Waals surface area contributed by atoms with Crippen molar-refractivity contribution in [1.82, 2.24) is 20.0 Å². The number of nitrogens with zero attached hydrogens (tertiary/aromatic N) is 4. The van der Waals surface area contributed by atoms with Gasteiger partial charge in [-0.15, -0.1) is 10.2 Å². The van der Waals surface area contributed by atoms with E-state index in [4.69, 9.17) is 16.0 Å². The molecule has 2 heterocycles. The first-order valence-corrected chi connectivity index (χ1v) is 7.29. The summed E-state index contributed by atoms with van der Waals surface area (Å²) in [5.41, 5.74) is 2.80. The van der Waals surface area contributed by atoms with Gasteiger partial charge in [0.2, 0.25) is 11.8 Å². The second-order valence-corrected chi connectivity index (χ2v) is 5.50. The summed E-state index contributed by atoms with van der Waals surface area (Å²) in [6.07, 6.45) is 1.77. The van der Waals surface area contributed by atoms with Gasteiger partial charge in [-0.25, -0.2) is 4.68 Å². The van der Waals surface area contributed by atoms with Crippen molar-refractivity contribution in [1.29, 1.82) is 0 Å². The third-order valence-corrected chi connectivity index (χ3v) is 3.58. The first-order valence-electron chi connectivity index (χ1n) is 6.91. The molecule has 0 radical (unpaired) electrons. The normalized spacial score (nSPS) is 12.4. The minimum Gasteiger partial charge on any atom is -0.423 e. The third-order valence-electron chi connectivity index (χ3n) is 3.35. The van der Waals surface area contributed by atoms with Crippen molar-refractivity contribution in [3.05, 3.63) is 53.0 Å². The molecule has 0 bridgehead atoms. The van der Waals surface area contributed by atoms with E-state index in [2.05, 4.69) is 20.6 Å². The molecule has 1 atom stereocenters. The maximum Gasteiger partial charge on any atom is 0.238 e. The van der Waals surface area contributed by atoms with E-state index in [1.807, 2.05) is 42.8 Å². The lowest BCUT2D eigenvalue weighted by Crippen LogP contribution is -2.08. The molecule has 0 aliphatic heterocycles. The van der Waals surface area contributed by atoms with Gasteiger partial charge in [-0.3, -0.25) is 0 Å². The Morgan fingerprint density at radius 1 is 1.27 bits per heavy atom. The molecule has 1 aromatic carbocycles. The van der Waals surface area contributed by atoms with Crippen molar-refractivity contribution in [2.24, 2.45) is 0 Å². The van der Waals surface area contributed by atoms with Gasteiger partial charge in [-0.2, -0.15) is 5.10 Å². The number of anilines is 1. The van der Waals surface area contributed by atoms with Gasteiger partial charge < -0.3 is 9.73 Å². The molecule has 3 aromatic rings. The van der Waals surface area contributed by atoms with Crippen LogP contribution >= 0.6 is 11.6 Å². The second kappa shape index (κ2) is 5.81. The van der Waals surface area contributed by atoms with Crippen LogP contribution in [0.15, 0.2) is 34.9 Å². The number of hydrogen-bond acceptors (Lipinski definition) is 5. The molecule has 114 valence electrons. The topological polar surface area (TPSA) is 68.8 Å². The SMILES string of the molecule is Cc1nnc([C@@H](C)Nc2cnn(-c3cccc(Cl)c3)c2C)o1. The lowest BCUT2D eigenvalue weighted by atomic mass is 10.3. The zero-order chi connectivity index (χ0) is 15.7. The van der Waals surface area contributed by atoms with Crippen molar-refractivity contribution in [3.8, 4) is 5.69 Å². The average molecular weight is 318 g/mol. The van der Waals surface area contributed by atoms with Crippen LogP contribution in [0.1, 0.15) is 30.4 Å². The van der Waals surface area contributed by atoms with Gasteiger partial charge in [0, 0.05) is 11.9 Å². The first-order chi connectivity index (χ1) is 10.5. The smallest absolute Gasteiger partial charge is 0.238 e. The van der Waals surface area contributed by atoms with Crippen LogP contribution in [0.4, 0.5) is 5.69 Å². The van der Waals surface area contributed by atoms with Crippen LogP contribution < -0.4 is 5.32 Å². The largest absolute Gasteiger partial charge is 0.423 e. The van der Waals surface area contributed by atoms with Crippen molar-refractivity contribution in [2.75, 3.05) is 5.32 Å². The summed E-state index contributed by atoms with van der Waals surface area (Å²) in [5.74, 6) is 1.10. The Morgan fingerprint density at radius 3 is 2.77 bits per heavy atom. The average Bonchev–Trinajstić information content (AvgIpc) is 3.06. The third kappa shape index (κ3) is 2.82. The minimum atomic E-state index is -0.100. The van der Waals surface area contributed by atoms with Gasteiger partial charge in [0.05, 0.1) is 23.3 Å². The molecule has 0 unspecified atom stereocenters. The molecule has 0 saturated heterocycles. The van der Waals surface area contributed by atoms with E-state index < -0.39 is 0 Å². The van der Waals surface area contributed by atoms with Gasteiger partial charge in [0.15, 0.2) is 0 Å². The molecule has 0 fully saturated rings. The van der Waals surface area contributed by atoms with Gasteiger partial charge in [0.25, 0.3) is 0 Å². The fourth-order valence-corrected chi connectivity index (χ4v) is 2.39. The van der Waals surface area contributed by atoms with Crippen molar-refractivity contribution >= 4 is 17.3 Å². The Kier molecular flexibility index (Phi) is 3.85. The standard InChI is InChI=1S/C15H16ClN5O/c1-9(15-20-19-11(3)22-15)18-14-8-17-21(10(14)2)13-6-4-5-12(16)7-13/h4-9,18H,1-3H3/t9-/m1/s1. The highest BCUT2D eigenvalue weighted by atomic mass is 35.5. The van der Waals surface area contributed by atoms with Crippen LogP contribution in [0.25, 0.3) is 5.69 Å². The molecule has 7 heteroatoms. The molecule has 0 spiro atoms. The quantitative estimate of drug-likeness (QED) is 0.794. The maximum atomic E-state index is 6.04. The number of nitrogens with one attached hydrogen (secondary N) is 1. The molecule has 6 nitrogen and oxygen atoms in total. The predicted molar refractivity (Wildman–Crippen MR) is 84.4 cm³/mol. The molecule has 2 aromatic heterocycles. The highest BCUT2D eigenvalue weighted by Gasteiger charge is 2.15. The van der Waals surface area contributed by atoms with E-state index in [-0.39, 0.29) is 6.04 Å². The molecule has 22 heavy (non-hydrogen) atoms. The van der Waals surface area contributed by atoms with Crippen LogP contribution in [0, 0.1) is 13.8 Å². The van der Waals surface area contributed by atoms with Gasteiger partial charge in [-0.05, 0) is 32.0 Å². The highest BCUT2D eigenvalue weighted by Crippen LogP contribution is 2.24. The summed E-state index contributed by atoms with van der Waals surface area (Å²) >= 11 is 6.04. The predicted octanol–water partition coefficient (Wildman–Crippen LogP) is 3.70. The Hall–Kier alpha value is -2.34. The second-order valence-electron chi connectivity index (χ2n) is 5.06. The Morgan fingerprint density at radius 2 is 2.09 bits per heavy atom. The Balaban J connectivity index is 1.84. The summed E-state index contributed by atoms with van der Waals surface area (Å²) in [5, 5.41) is 16.3. The van der Waals surface area contributed by atoms with Crippen molar-refractivity contribution in [3.63, 3.8) is 0 Å². The summed E-state index contributed by atoms with van der Waals surface area (Å²) in [6, 6.07) is 7.46. The summed E-state index contributed by atoms with van der Waals surface area (Å²) < 4.78 is 7.27. The van der Waals surface area contributed by atoms with E-state index >= 15 is 0 Å². The Labute approximate surface area is 133 Å². The number of aryl methyl sites for hydroxylation is 1. The number of benzene rings is 1. The van der Waals surface area contributed by atoms with Crippen molar-refractivity contribution in [2.45, 2.75) is 26.8 Å². The van der Waals surface area contributed by atoms with Crippen LogP contribution in [0.3, 0.4) is 0 Å². The molecule has 1 N–H and O–H groups in total. The first kappa shape index (κ1) is 14.6. The zero-order valence-corrected chi connectivity index (χ0v) is 13.3. The zero-order valence-electron chi connectivity index (χ0n) is 12.5. The van der Waals surface area contributed by atoms with Gasteiger partial charge in [-0.1, -0.05) is 17.7 Å². The monoisotopic (exact) mass is 317 g/mol. The van der Waals surface area contributed by atoms with Crippen LogP contribution in [-0.4, -0.2) is 20.0 Å². The fourth-order valence-electron chi connectivity index (χ4n) is 2.20. The lowest BCUT2D eigenvalue weighted by molar-refractivity contribution is 0.451. The van der Waals surface area contributed by atoms with Crippen LogP contribution in [0.5, 0.6) is 0 Å². The summed E-state index contributed by atoms with van der Waals surface area (Å²) in [6.45, 7) is 5.72. The van der Waals surface area contributed by atoms with Gasteiger partial charge >= 0.3 is 0 Å². The summed E-state index contributed by atoms with van der Waals surface area (Å²) in [7, 11) is 0. The van der Waals surface area contributed by atoms with E-state index in [0.29, 0.717) is 16.8 Å². The van der Waals surface area contributed by atoms with Crippen LogP contribution in [0.2, 0.25) is 5.02 Å². The molecular formula is C15H16ClN5O. The number of aromatic nitrogens is 4. The number of halogens is 1. The van der Waals surface area contributed by atoms with E-state index in [0.717, 1.165) is 17.1 Å². The van der Waals surface area contributed by atoms with Crippen molar-refractivity contribution < 1.29 is 4.42 Å². The fraction of sp³-hybridized carbons (Fsp3) is 0.267. The summed E-state index contributed by atoms with van der Waals surface area (Å²) in [4.78, 5) is 0. The van der Waals surface area contributed by atoms with E-state index in [1.165, 1.54) is 0 Å². The maximum absolute atomic E-state index is 6.04. The Bertz CT molecular complexity index is 795. The molecule has 0 saturated carbocycles.